The second kappa shape index (κ2) is 7.85. The standard InChI is InChI=1S/C16H24N2O5S/c1-13(2)23-15-7-5-4-6-14(15)18(24(3,20)21)12-16(19)17-8-10-22-11-9-17/h4-7,13H,8-12H2,1-3H3. The van der Waals surface area contributed by atoms with E-state index in [2.05, 4.69) is 0 Å². The quantitative estimate of drug-likeness (QED) is 0.763. The first-order valence-corrected chi connectivity index (χ1v) is 9.73. The highest BCUT2D eigenvalue weighted by Crippen LogP contribution is 2.30. The number of ether oxygens (including phenoxy) is 2. The molecular weight excluding hydrogens is 332 g/mol. The van der Waals surface area contributed by atoms with Crippen LogP contribution < -0.4 is 9.04 Å². The average molecular weight is 356 g/mol. The average Bonchev–Trinajstić information content (AvgIpc) is 2.52. The van der Waals surface area contributed by atoms with Gasteiger partial charge in [0.1, 0.15) is 12.3 Å². The minimum Gasteiger partial charge on any atom is -0.489 e. The number of para-hydroxylation sites is 2. The lowest BCUT2D eigenvalue weighted by atomic mass is 10.2. The first kappa shape index (κ1) is 18.5. The Balaban J connectivity index is 2.28. The van der Waals surface area contributed by atoms with Gasteiger partial charge in [0.25, 0.3) is 0 Å². The number of hydrogen-bond donors (Lipinski definition) is 0. The second-order valence-electron chi connectivity index (χ2n) is 5.90. The molecule has 0 spiro atoms. The van der Waals surface area contributed by atoms with Crippen molar-refractivity contribution in [2.45, 2.75) is 20.0 Å². The molecule has 0 unspecified atom stereocenters. The topological polar surface area (TPSA) is 76.2 Å². The van der Waals surface area contributed by atoms with Gasteiger partial charge in [0.15, 0.2) is 0 Å². The third-order valence-corrected chi connectivity index (χ3v) is 4.67. The smallest absolute Gasteiger partial charge is 0.243 e. The third kappa shape index (κ3) is 4.85. The van der Waals surface area contributed by atoms with E-state index in [0.717, 1.165) is 10.6 Å². The van der Waals surface area contributed by atoms with Gasteiger partial charge in [-0.15, -0.1) is 0 Å². The van der Waals surface area contributed by atoms with Crippen LogP contribution in [0, 0.1) is 0 Å². The minimum atomic E-state index is -3.64. The van der Waals surface area contributed by atoms with Crippen LogP contribution in [0.25, 0.3) is 0 Å². The van der Waals surface area contributed by atoms with Gasteiger partial charge in [-0.1, -0.05) is 12.1 Å². The van der Waals surface area contributed by atoms with E-state index in [-0.39, 0.29) is 18.6 Å². The Morgan fingerprint density at radius 1 is 1.29 bits per heavy atom. The van der Waals surface area contributed by atoms with Crippen molar-refractivity contribution in [1.29, 1.82) is 0 Å². The molecule has 8 heteroatoms. The number of carbonyl (C=O) groups excluding carboxylic acids is 1. The van der Waals surface area contributed by atoms with Crippen molar-refractivity contribution < 1.29 is 22.7 Å². The van der Waals surface area contributed by atoms with Gasteiger partial charge in [0.2, 0.25) is 15.9 Å². The number of rotatable bonds is 6. The zero-order valence-electron chi connectivity index (χ0n) is 14.3. The molecule has 0 radical (unpaired) electrons. The Kier molecular flexibility index (Phi) is 6.06. The zero-order valence-corrected chi connectivity index (χ0v) is 15.1. The van der Waals surface area contributed by atoms with Crippen LogP contribution in [0.5, 0.6) is 5.75 Å². The predicted octanol–water partition coefficient (Wildman–Crippen LogP) is 1.10. The minimum absolute atomic E-state index is 0.109. The highest BCUT2D eigenvalue weighted by atomic mass is 32.2. The molecule has 0 bridgehead atoms. The molecule has 0 saturated carbocycles. The summed E-state index contributed by atoms with van der Waals surface area (Å²) in [4.78, 5) is 14.1. The van der Waals surface area contributed by atoms with E-state index in [1.165, 1.54) is 0 Å². The number of morpholine rings is 1. The summed E-state index contributed by atoms with van der Waals surface area (Å²) in [6.45, 7) is 5.36. The van der Waals surface area contributed by atoms with Crippen molar-refractivity contribution >= 4 is 21.6 Å². The number of amides is 1. The third-order valence-electron chi connectivity index (χ3n) is 3.54. The molecule has 1 heterocycles. The highest BCUT2D eigenvalue weighted by molar-refractivity contribution is 7.92. The first-order valence-electron chi connectivity index (χ1n) is 7.88. The summed E-state index contributed by atoms with van der Waals surface area (Å²) in [5.41, 5.74) is 0.371. The Labute approximate surface area is 143 Å². The molecular formula is C16H24N2O5S. The van der Waals surface area contributed by atoms with Gasteiger partial charge in [-0.05, 0) is 26.0 Å². The fourth-order valence-corrected chi connectivity index (χ4v) is 3.29. The van der Waals surface area contributed by atoms with E-state index in [0.29, 0.717) is 37.7 Å². The van der Waals surface area contributed by atoms with Crippen LogP contribution in [0.15, 0.2) is 24.3 Å². The summed E-state index contributed by atoms with van der Waals surface area (Å²) in [7, 11) is -3.64. The molecule has 0 aliphatic carbocycles. The molecule has 24 heavy (non-hydrogen) atoms. The summed E-state index contributed by atoms with van der Waals surface area (Å²) in [6.07, 6.45) is 0.980. The molecule has 1 aromatic rings. The van der Waals surface area contributed by atoms with Crippen molar-refractivity contribution in [1.82, 2.24) is 4.90 Å². The number of anilines is 1. The van der Waals surface area contributed by atoms with Crippen molar-refractivity contribution in [2.75, 3.05) is 43.4 Å². The fourth-order valence-electron chi connectivity index (χ4n) is 2.43. The number of carbonyl (C=O) groups is 1. The summed E-state index contributed by atoms with van der Waals surface area (Å²) in [6, 6.07) is 6.84. The molecule has 134 valence electrons. The molecule has 1 aromatic carbocycles. The van der Waals surface area contributed by atoms with Crippen molar-refractivity contribution in [3.63, 3.8) is 0 Å². The van der Waals surface area contributed by atoms with Crippen LogP contribution in [0.1, 0.15) is 13.8 Å². The molecule has 2 rings (SSSR count). The van der Waals surface area contributed by atoms with Gasteiger partial charge in [-0.2, -0.15) is 0 Å². The van der Waals surface area contributed by atoms with Crippen LogP contribution in [0.2, 0.25) is 0 Å². The molecule has 1 amide bonds. The van der Waals surface area contributed by atoms with E-state index in [1.54, 1.807) is 29.2 Å². The molecule has 1 aliphatic heterocycles. The van der Waals surface area contributed by atoms with Gasteiger partial charge in [-0.25, -0.2) is 8.42 Å². The zero-order chi connectivity index (χ0) is 17.7. The van der Waals surface area contributed by atoms with E-state index in [4.69, 9.17) is 9.47 Å². The van der Waals surface area contributed by atoms with E-state index in [1.807, 2.05) is 13.8 Å². The van der Waals surface area contributed by atoms with Crippen LogP contribution in [-0.4, -0.2) is 64.4 Å². The summed E-state index contributed by atoms with van der Waals surface area (Å²) < 4.78 is 36.5. The maximum atomic E-state index is 12.5. The number of hydrogen-bond acceptors (Lipinski definition) is 5. The summed E-state index contributed by atoms with van der Waals surface area (Å²) in [5.74, 6) is 0.191. The Morgan fingerprint density at radius 3 is 2.50 bits per heavy atom. The second-order valence-corrected chi connectivity index (χ2v) is 7.80. The van der Waals surface area contributed by atoms with Gasteiger partial charge in [0.05, 0.1) is 31.3 Å². The largest absolute Gasteiger partial charge is 0.489 e. The normalized spacial score (nSPS) is 15.4. The molecule has 1 fully saturated rings. The monoisotopic (exact) mass is 356 g/mol. The Morgan fingerprint density at radius 2 is 1.92 bits per heavy atom. The van der Waals surface area contributed by atoms with Gasteiger partial charge < -0.3 is 14.4 Å². The van der Waals surface area contributed by atoms with Gasteiger partial charge in [-0.3, -0.25) is 9.10 Å². The molecule has 1 aliphatic rings. The van der Waals surface area contributed by atoms with Crippen LogP contribution in [0.4, 0.5) is 5.69 Å². The van der Waals surface area contributed by atoms with Crippen molar-refractivity contribution in [3.8, 4) is 5.75 Å². The van der Waals surface area contributed by atoms with Crippen molar-refractivity contribution in [2.24, 2.45) is 0 Å². The molecule has 0 atom stereocenters. The summed E-state index contributed by atoms with van der Waals surface area (Å²) >= 11 is 0. The highest BCUT2D eigenvalue weighted by Gasteiger charge is 2.27. The first-order chi connectivity index (χ1) is 11.3. The van der Waals surface area contributed by atoms with E-state index < -0.39 is 10.0 Å². The predicted molar refractivity (Wildman–Crippen MR) is 91.8 cm³/mol. The lowest BCUT2D eigenvalue weighted by molar-refractivity contribution is -0.133. The van der Waals surface area contributed by atoms with E-state index >= 15 is 0 Å². The van der Waals surface area contributed by atoms with E-state index in [9.17, 15) is 13.2 Å². The SMILES string of the molecule is CC(C)Oc1ccccc1N(CC(=O)N1CCOCC1)S(C)(=O)=O. The molecule has 0 N–H and O–H groups in total. The number of sulfonamides is 1. The summed E-state index contributed by atoms with van der Waals surface area (Å²) in [5, 5.41) is 0. The molecule has 7 nitrogen and oxygen atoms in total. The number of nitrogens with zero attached hydrogens (tertiary/aromatic N) is 2. The van der Waals surface area contributed by atoms with Crippen molar-refractivity contribution in [3.05, 3.63) is 24.3 Å². The van der Waals surface area contributed by atoms with Crippen LogP contribution in [-0.2, 0) is 19.6 Å². The lowest BCUT2D eigenvalue weighted by Crippen LogP contribution is -2.47. The Hall–Kier alpha value is -1.80. The Bertz CT molecular complexity index is 669. The maximum Gasteiger partial charge on any atom is 0.243 e. The van der Waals surface area contributed by atoms with Crippen LogP contribution >= 0.6 is 0 Å². The maximum absolute atomic E-state index is 12.5. The van der Waals surface area contributed by atoms with Crippen LogP contribution in [0.3, 0.4) is 0 Å². The molecule has 0 aromatic heterocycles. The molecule has 1 saturated heterocycles. The fraction of sp³-hybridized carbons (Fsp3) is 0.562. The van der Waals surface area contributed by atoms with Gasteiger partial charge in [0, 0.05) is 13.1 Å². The number of benzene rings is 1. The lowest BCUT2D eigenvalue weighted by Gasteiger charge is -2.30. The van der Waals surface area contributed by atoms with Gasteiger partial charge >= 0.3 is 0 Å².